The molecule has 102 valence electrons. The van der Waals surface area contributed by atoms with E-state index in [-0.39, 0.29) is 0 Å². The van der Waals surface area contributed by atoms with Gasteiger partial charge in [0.1, 0.15) is 23.3 Å². The maximum Gasteiger partial charge on any atom is 0.146 e. The maximum absolute atomic E-state index is 6.00. The van der Waals surface area contributed by atoms with E-state index in [1.807, 2.05) is 23.9 Å². The Kier molecular flexibility index (Phi) is 4.14. The lowest BCUT2D eigenvalue weighted by Crippen LogP contribution is -2.11. The topological polar surface area (TPSA) is 69.6 Å². The smallest absolute Gasteiger partial charge is 0.146 e. The number of nitrogens with two attached hydrogens (primary N) is 1. The molecular formula is C14H21N5. The molecule has 0 aliphatic carbocycles. The van der Waals surface area contributed by atoms with Gasteiger partial charge in [0, 0.05) is 30.8 Å². The van der Waals surface area contributed by atoms with Crippen molar-refractivity contribution in [2.24, 2.45) is 0 Å². The van der Waals surface area contributed by atoms with Crippen LogP contribution in [0.15, 0.2) is 12.4 Å². The quantitative estimate of drug-likeness (QED) is 0.895. The predicted octanol–water partition coefficient (Wildman–Crippen LogP) is 2.46. The SMILES string of the molecule is CCCc1nc(N)c(C)c(-n2ccnc2CCC)n1. The second-order valence-electron chi connectivity index (χ2n) is 4.69. The number of aromatic nitrogens is 4. The van der Waals surface area contributed by atoms with Crippen molar-refractivity contribution < 1.29 is 0 Å². The summed E-state index contributed by atoms with van der Waals surface area (Å²) in [7, 11) is 0. The van der Waals surface area contributed by atoms with Gasteiger partial charge in [-0.1, -0.05) is 13.8 Å². The van der Waals surface area contributed by atoms with Crippen LogP contribution in [0.2, 0.25) is 0 Å². The van der Waals surface area contributed by atoms with Gasteiger partial charge in [-0.05, 0) is 19.8 Å². The molecule has 0 bridgehead atoms. The van der Waals surface area contributed by atoms with Crippen LogP contribution in [0.1, 0.15) is 43.9 Å². The summed E-state index contributed by atoms with van der Waals surface area (Å²) >= 11 is 0. The summed E-state index contributed by atoms with van der Waals surface area (Å²) in [6.07, 6.45) is 7.58. The summed E-state index contributed by atoms with van der Waals surface area (Å²) < 4.78 is 2.02. The molecular weight excluding hydrogens is 238 g/mol. The second-order valence-corrected chi connectivity index (χ2v) is 4.69. The van der Waals surface area contributed by atoms with Gasteiger partial charge in [0.2, 0.25) is 0 Å². The van der Waals surface area contributed by atoms with E-state index in [2.05, 4.69) is 28.8 Å². The Balaban J connectivity index is 2.50. The van der Waals surface area contributed by atoms with Gasteiger partial charge >= 0.3 is 0 Å². The van der Waals surface area contributed by atoms with Crippen molar-refractivity contribution in [3.63, 3.8) is 0 Å². The fraction of sp³-hybridized carbons (Fsp3) is 0.500. The molecule has 2 heterocycles. The third-order valence-electron chi connectivity index (χ3n) is 3.10. The molecule has 0 spiro atoms. The third kappa shape index (κ3) is 2.75. The monoisotopic (exact) mass is 259 g/mol. The number of imidazole rings is 1. The van der Waals surface area contributed by atoms with Gasteiger partial charge in [0.15, 0.2) is 0 Å². The first-order valence-corrected chi connectivity index (χ1v) is 6.82. The van der Waals surface area contributed by atoms with Crippen LogP contribution < -0.4 is 5.73 Å². The number of rotatable bonds is 5. The highest BCUT2D eigenvalue weighted by Gasteiger charge is 2.13. The fourth-order valence-corrected chi connectivity index (χ4v) is 2.07. The van der Waals surface area contributed by atoms with E-state index in [0.717, 1.165) is 48.7 Å². The highest BCUT2D eigenvalue weighted by atomic mass is 15.1. The van der Waals surface area contributed by atoms with Crippen LogP contribution in [0.25, 0.3) is 5.82 Å². The van der Waals surface area contributed by atoms with Gasteiger partial charge in [0.05, 0.1) is 0 Å². The summed E-state index contributed by atoms with van der Waals surface area (Å²) in [6, 6.07) is 0. The van der Waals surface area contributed by atoms with Crippen LogP contribution >= 0.6 is 0 Å². The number of hydrogen-bond donors (Lipinski definition) is 1. The first kappa shape index (κ1) is 13.5. The molecule has 0 aliphatic heterocycles. The van der Waals surface area contributed by atoms with Crippen molar-refractivity contribution in [1.29, 1.82) is 0 Å². The highest BCUT2D eigenvalue weighted by molar-refractivity contribution is 5.48. The van der Waals surface area contributed by atoms with E-state index in [0.29, 0.717) is 5.82 Å². The Morgan fingerprint density at radius 1 is 1.16 bits per heavy atom. The molecule has 2 aromatic rings. The molecule has 5 heteroatoms. The average Bonchev–Trinajstić information content (AvgIpc) is 2.82. The Morgan fingerprint density at radius 3 is 2.58 bits per heavy atom. The lowest BCUT2D eigenvalue weighted by Gasteiger charge is -2.12. The van der Waals surface area contributed by atoms with Crippen LogP contribution in [0.3, 0.4) is 0 Å². The lowest BCUT2D eigenvalue weighted by molar-refractivity contribution is 0.771. The number of hydrogen-bond acceptors (Lipinski definition) is 4. The van der Waals surface area contributed by atoms with Gasteiger partial charge in [-0.25, -0.2) is 15.0 Å². The molecule has 0 aromatic carbocycles. The van der Waals surface area contributed by atoms with Crippen LogP contribution in [0.4, 0.5) is 5.82 Å². The third-order valence-corrected chi connectivity index (χ3v) is 3.10. The molecule has 0 atom stereocenters. The number of anilines is 1. The molecule has 19 heavy (non-hydrogen) atoms. The average molecular weight is 259 g/mol. The zero-order valence-electron chi connectivity index (χ0n) is 11.8. The number of nitrogen functional groups attached to an aromatic ring is 1. The molecule has 0 unspecified atom stereocenters. The Morgan fingerprint density at radius 2 is 1.89 bits per heavy atom. The van der Waals surface area contributed by atoms with Crippen molar-refractivity contribution >= 4 is 5.82 Å². The molecule has 0 fully saturated rings. The second kappa shape index (κ2) is 5.82. The summed E-state index contributed by atoms with van der Waals surface area (Å²) in [5.74, 6) is 3.24. The molecule has 0 amide bonds. The normalized spacial score (nSPS) is 10.9. The van der Waals surface area contributed by atoms with Crippen LogP contribution in [-0.4, -0.2) is 19.5 Å². The first-order valence-electron chi connectivity index (χ1n) is 6.82. The van der Waals surface area contributed by atoms with Gasteiger partial charge in [-0.15, -0.1) is 0 Å². The van der Waals surface area contributed by atoms with Crippen LogP contribution in [0, 0.1) is 6.92 Å². The van der Waals surface area contributed by atoms with Gasteiger partial charge < -0.3 is 5.73 Å². The number of nitrogens with zero attached hydrogens (tertiary/aromatic N) is 4. The highest BCUT2D eigenvalue weighted by Crippen LogP contribution is 2.19. The first-order chi connectivity index (χ1) is 9.17. The molecule has 2 rings (SSSR count). The predicted molar refractivity (Wildman–Crippen MR) is 76.3 cm³/mol. The molecule has 0 saturated carbocycles. The van der Waals surface area contributed by atoms with Crippen molar-refractivity contribution in [2.75, 3.05) is 5.73 Å². The van der Waals surface area contributed by atoms with Gasteiger partial charge in [-0.2, -0.15) is 0 Å². The van der Waals surface area contributed by atoms with E-state index in [1.54, 1.807) is 0 Å². The van der Waals surface area contributed by atoms with Crippen molar-refractivity contribution in [2.45, 2.75) is 46.5 Å². The molecule has 5 nitrogen and oxygen atoms in total. The molecule has 2 N–H and O–H groups in total. The fourth-order valence-electron chi connectivity index (χ4n) is 2.07. The lowest BCUT2D eigenvalue weighted by atomic mass is 10.2. The van der Waals surface area contributed by atoms with Crippen molar-refractivity contribution in [3.05, 3.63) is 29.6 Å². The molecule has 0 radical (unpaired) electrons. The number of aryl methyl sites for hydroxylation is 2. The van der Waals surface area contributed by atoms with Crippen molar-refractivity contribution in [1.82, 2.24) is 19.5 Å². The van der Waals surface area contributed by atoms with Crippen LogP contribution in [0.5, 0.6) is 0 Å². The Hall–Kier alpha value is -1.91. The molecule has 2 aromatic heterocycles. The Bertz CT molecular complexity index is 559. The molecule has 0 aliphatic rings. The summed E-state index contributed by atoms with van der Waals surface area (Å²) in [5, 5.41) is 0. The van der Waals surface area contributed by atoms with E-state index in [9.17, 15) is 0 Å². The van der Waals surface area contributed by atoms with Gasteiger partial charge in [-0.3, -0.25) is 4.57 Å². The largest absolute Gasteiger partial charge is 0.383 e. The van der Waals surface area contributed by atoms with E-state index >= 15 is 0 Å². The minimum absolute atomic E-state index is 0.560. The standard InChI is InChI=1S/C14H21N5/c1-4-6-11-17-13(15)10(3)14(18-11)19-9-8-16-12(19)7-5-2/h8-9H,4-7H2,1-3H3,(H2,15,17,18). The van der Waals surface area contributed by atoms with Crippen molar-refractivity contribution in [3.8, 4) is 5.82 Å². The van der Waals surface area contributed by atoms with Crippen LogP contribution in [-0.2, 0) is 12.8 Å². The maximum atomic E-state index is 6.00. The van der Waals surface area contributed by atoms with E-state index in [4.69, 9.17) is 5.73 Å². The summed E-state index contributed by atoms with van der Waals surface area (Å²) in [6.45, 7) is 6.21. The minimum atomic E-state index is 0.560. The van der Waals surface area contributed by atoms with Gasteiger partial charge in [0.25, 0.3) is 0 Å². The Labute approximate surface area is 113 Å². The summed E-state index contributed by atoms with van der Waals surface area (Å²) in [4.78, 5) is 13.4. The zero-order valence-corrected chi connectivity index (χ0v) is 11.8. The van der Waals surface area contributed by atoms with E-state index < -0.39 is 0 Å². The summed E-state index contributed by atoms with van der Waals surface area (Å²) in [5.41, 5.74) is 6.91. The minimum Gasteiger partial charge on any atom is -0.383 e. The van der Waals surface area contributed by atoms with E-state index in [1.165, 1.54) is 0 Å². The zero-order chi connectivity index (χ0) is 13.8. The molecule has 0 saturated heterocycles.